The molecule has 0 atom stereocenters. The highest BCUT2D eigenvalue weighted by Gasteiger charge is 2.29. The first kappa shape index (κ1) is 11.5. The summed E-state index contributed by atoms with van der Waals surface area (Å²) in [5.74, 6) is 0.312. The van der Waals surface area contributed by atoms with Gasteiger partial charge in [0, 0.05) is 5.92 Å². The van der Waals surface area contributed by atoms with E-state index < -0.39 is 5.82 Å². The van der Waals surface area contributed by atoms with Crippen LogP contribution in [-0.4, -0.2) is 15.0 Å². The topological polar surface area (TPSA) is 58.6 Å². The number of hydrogen-bond donors (Lipinski definition) is 1. The number of hydrogen-bond acceptors (Lipinski definition) is 3. The van der Waals surface area contributed by atoms with Crippen LogP contribution in [0.4, 0.5) is 4.39 Å². The van der Waals surface area contributed by atoms with Gasteiger partial charge in [-0.25, -0.2) is 14.4 Å². The molecule has 1 aliphatic carbocycles. The third-order valence-corrected chi connectivity index (χ3v) is 3.59. The Morgan fingerprint density at radius 2 is 2.17 bits per heavy atom. The second kappa shape index (κ2) is 4.28. The minimum Gasteiger partial charge on any atom is -0.304 e. The molecule has 2 aromatic heterocycles. The maximum Gasteiger partial charge on any atom is 0.265 e. The summed E-state index contributed by atoms with van der Waals surface area (Å²) >= 11 is 3.25. The first-order valence-corrected chi connectivity index (χ1v) is 6.36. The van der Waals surface area contributed by atoms with E-state index >= 15 is 0 Å². The van der Waals surface area contributed by atoms with Crippen molar-refractivity contribution in [1.82, 2.24) is 15.0 Å². The van der Waals surface area contributed by atoms with Gasteiger partial charge < -0.3 is 4.98 Å². The molecule has 6 heteroatoms. The van der Waals surface area contributed by atoms with Crippen LogP contribution in [0.25, 0.3) is 11.5 Å². The molecule has 1 aliphatic rings. The van der Waals surface area contributed by atoms with E-state index in [9.17, 15) is 9.18 Å². The van der Waals surface area contributed by atoms with Gasteiger partial charge in [-0.2, -0.15) is 0 Å². The fourth-order valence-corrected chi connectivity index (χ4v) is 2.25. The molecule has 0 bridgehead atoms. The molecule has 0 aromatic carbocycles. The quantitative estimate of drug-likeness (QED) is 0.927. The molecule has 0 saturated heterocycles. The number of rotatable bonds is 2. The lowest BCUT2D eigenvalue weighted by Gasteiger charge is -2.05. The third-order valence-electron chi connectivity index (χ3n) is 2.82. The van der Waals surface area contributed by atoms with Gasteiger partial charge in [-0.05, 0) is 40.9 Å². The van der Waals surface area contributed by atoms with Crippen molar-refractivity contribution in [1.29, 1.82) is 0 Å². The van der Waals surface area contributed by atoms with E-state index in [4.69, 9.17) is 0 Å². The highest BCUT2D eigenvalue weighted by molar-refractivity contribution is 9.10. The Labute approximate surface area is 110 Å². The first-order chi connectivity index (χ1) is 8.65. The Kier molecular flexibility index (Phi) is 2.74. The second-order valence-electron chi connectivity index (χ2n) is 4.25. The number of pyridine rings is 1. The summed E-state index contributed by atoms with van der Waals surface area (Å²) in [5.41, 5.74) is 0.996. The summed E-state index contributed by atoms with van der Waals surface area (Å²) in [6.07, 6.45) is 3.20. The Morgan fingerprint density at radius 3 is 2.78 bits per heavy atom. The predicted octanol–water partition coefficient (Wildman–Crippen LogP) is 2.61. The predicted molar refractivity (Wildman–Crippen MR) is 67.7 cm³/mol. The van der Waals surface area contributed by atoms with Gasteiger partial charge in [0.25, 0.3) is 5.56 Å². The van der Waals surface area contributed by atoms with E-state index in [-0.39, 0.29) is 5.56 Å². The lowest BCUT2D eigenvalue weighted by atomic mass is 10.2. The fraction of sp³-hybridized carbons (Fsp3) is 0.250. The molecule has 0 radical (unpaired) electrons. The first-order valence-electron chi connectivity index (χ1n) is 5.57. The lowest BCUT2D eigenvalue weighted by molar-refractivity contribution is 0.621. The van der Waals surface area contributed by atoms with Crippen LogP contribution in [0.15, 0.2) is 27.6 Å². The van der Waals surface area contributed by atoms with Gasteiger partial charge in [0.05, 0.1) is 11.9 Å². The Bertz CT molecular complexity index is 649. The lowest BCUT2D eigenvalue weighted by Crippen LogP contribution is -2.13. The normalized spacial score (nSPS) is 14.8. The van der Waals surface area contributed by atoms with Crippen molar-refractivity contribution in [3.05, 3.63) is 44.7 Å². The summed E-state index contributed by atoms with van der Waals surface area (Å²) in [7, 11) is 0. The number of aromatic amines is 1. The molecule has 2 aromatic rings. The zero-order chi connectivity index (χ0) is 12.7. The maximum atomic E-state index is 12.8. The van der Waals surface area contributed by atoms with E-state index in [0.717, 1.165) is 24.7 Å². The van der Waals surface area contributed by atoms with Crippen LogP contribution in [0.3, 0.4) is 0 Å². The van der Waals surface area contributed by atoms with Crippen LogP contribution in [0.1, 0.15) is 24.5 Å². The monoisotopic (exact) mass is 309 g/mol. The van der Waals surface area contributed by atoms with Gasteiger partial charge >= 0.3 is 0 Å². The van der Waals surface area contributed by atoms with E-state index in [2.05, 4.69) is 30.9 Å². The Hall–Kier alpha value is -1.56. The number of nitrogens with one attached hydrogen (secondary N) is 1. The summed E-state index contributed by atoms with van der Waals surface area (Å²) in [5, 5.41) is 0. The minimum absolute atomic E-state index is 0.229. The van der Waals surface area contributed by atoms with Crippen molar-refractivity contribution in [2.24, 2.45) is 0 Å². The summed E-state index contributed by atoms with van der Waals surface area (Å²) in [6.45, 7) is 0. The van der Waals surface area contributed by atoms with Crippen LogP contribution in [-0.2, 0) is 0 Å². The maximum absolute atomic E-state index is 12.8. The SMILES string of the molecule is O=c1[nH]c(-c2ccc(F)cn2)nc(C2CC2)c1Br. The third kappa shape index (κ3) is 2.08. The van der Waals surface area contributed by atoms with Crippen LogP contribution in [0.2, 0.25) is 0 Å². The van der Waals surface area contributed by atoms with Crippen LogP contribution in [0, 0.1) is 5.82 Å². The summed E-state index contributed by atoms with van der Waals surface area (Å²) in [4.78, 5) is 22.7. The zero-order valence-electron chi connectivity index (χ0n) is 9.28. The van der Waals surface area contributed by atoms with Gasteiger partial charge in [-0.1, -0.05) is 0 Å². The van der Waals surface area contributed by atoms with Crippen molar-refractivity contribution in [3.63, 3.8) is 0 Å². The molecule has 18 heavy (non-hydrogen) atoms. The smallest absolute Gasteiger partial charge is 0.265 e. The molecule has 0 spiro atoms. The fourth-order valence-electron chi connectivity index (χ4n) is 1.74. The minimum atomic E-state index is -0.416. The van der Waals surface area contributed by atoms with Crippen LogP contribution < -0.4 is 5.56 Å². The summed E-state index contributed by atoms with van der Waals surface area (Å²) in [6, 6.07) is 2.79. The largest absolute Gasteiger partial charge is 0.304 e. The van der Waals surface area contributed by atoms with Crippen molar-refractivity contribution < 1.29 is 4.39 Å². The van der Waals surface area contributed by atoms with E-state index in [1.165, 1.54) is 12.1 Å². The molecule has 1 N–H and O–H groups in total. The standard InChI is InChI=1S/C12H9BrFN3O/c13-9-10(6-1-2-6)16-11(17-12(9)18)8-4-3-7(14)5-15-8/h3-6H,1-2H2,(H,16,17,18). The highest BCUT2D eigenvalue weighted by Crippen LogP contribution is 2.41. The molecule has 2 heterocycles. The highest BCUT2D eigenvalue weighted by atomic mass is 79.9. The van der Waals surface area contributed by atoms with Crippen LogP contribution >= 0.6 is 15.9 Å². The van der Waals surface area contributed by atoms with Gasteiger partial charge in [-0.15, -0.1) is 0 Å². The van der Waals surface area contributed by atoms with E-state index in [1.54, 1.807) is 0 Å². The molecular weight excluding hydrogens is 301 g/mol. The van der Waals surface area contributed by atoms with Crippen molar-refractivity contribution >= 4 is 15.9 Å². The Balaban J connectivity index is 2.12. The van der Waals surface area contributed by atoms with Crippen LogP contribution in [0.5, 0.6) is 0 Å². The zero-order valence-corrected chi connectivity index (χ0v) is 10.9. The number of halogens is 2. The average Bonchev–Trinajstić information content (AvgIpc) is 3.18. The molecule has 0 unspecified atom stereocenters. The molecule has 92 valence electrons. The molecule has 1 saturated carbocycles. The number of aromatic nitrogens is 3. The van der Waals surface area contributed by atoms with Gasteiger partial charge in [0.15, 0.2) is 5.82 Å². The van der Waals surface area contributed by atoms with E-state index in [0.29, 0.717) is 21.9 Å². The molecule has 0 aliphatic heterocycles. The molecular formula is C12H9BrFN3O. The summed E-state index contributed by atoms with van der Waals surface area (Å²) < 4.78 is 13.3. The van der Waals surface area contributed by atoms with Crippen molar-refractivity contribution in [3.8, 4) is 11.5 Å². The van der Waals surface area contributed by atoms with Gasteiger partial charge in [0.2, 0.25) is 0 Å². The Morgan fingerprint density at radius 1 is 1.39 bits per heavy atom. The van der Waals surface area contributed by atoms with Crippen molar-refractivity contribution in [2.75, 3.05) is 0 Å². The molecule has 1 fully saturated rings. The second-order valence-corrected chi connectivity index (χ2v) is 5.04. The molecule has 0 amide bonds. The van der Waals surface area contributed by atoms with Gasteiger partial charge in [0.1, 0.15) is 16.0 Å². The average molecular weight is 310 g/mol. The van der Waals surface area contributed by atoms with Gasteiger partial charge in [-0.3, -0.25) is 4.79 Å². The van der Waals surface area contributed by atoms with E-state index in [1.807, 2.05) is 0 Å². The van der Waals surface area contributed by atoms with Crippen molar-refractivity contribution in [2.45, 2.75) is 18.8 Å². The molecule has 4 nitrogen and oxygen atoms in total. The number of nitrogens with zero attached hydrogens (tertiary/aromatic N) is 2. The number of H-pyrrole nitrogens is 1. The molecule has 3 rings (SSSR count).